The van der Waals surface area contributed by atoms with Gasteiger partial charge in [-0.2, -0.15) is 0 Å². The predicted molar refractivity (Wildman–Crippen MR) is 47.1 cm³/mol. The summed E-state index contributed by atoms with van der Waals surface area (Å²) < 4.78 is 16.6. The molecule has 4 heteroatoms. The van der Waals surface area contributed by atoms with E-state index in [1.54, 1.807) is 0 Å². The molecule has 0 amide bonds. The Labute approximate surface area is 80.5 Å². The summed E-state index contributed by atoms with van der Waals surface area (Å²) in [6.45, 7) is 4.37. The Hall–Kier alpha value is 0.360. The second kappa shape index (κ2) is 3.25. The molecule has 70 valence electrons. The monoisotopic (exact) mass is 236 g/mol. The van der Waals surface area contributed by atoms with E-state index in [2.05, 4.69) is 22.9 Å². The molecular weight excluding hydrogens is 224 g/mol. The van der Waals surface area contributed by atoms with Crippen molar-refractivity contribution in [2.45, 2.75) is 24.1 Å². The zero-order valence-corrected chi connectivity index (χ0v) is 8.67. The summed E-state index contributed by atoms with van der Waals surface area (Å²) in [5.74, 6) is -0.354. The molecule has 0 spiro atoms. The first-order valence-electron chi connectivity index (χ1n) is 4.33. The summed E-state index contributed by atoms with van der Waals surface area (Å²) in [6.07, 6.45) is 0.935. The number of halogens is 1. The predicted octanol–water partition coefficient (Wildman–Crippen LogP) is 1.51. The van der Waals surface area contributed by atoms with Gasteiger partial charge in [-0.3, -0.25) is 0 Å². The molecule has 3 heterocycles. The van der Waals surface area contributed by atoms with Crippen molar-refractivity contribution in [3.8, 4) is 0 Å². The summed E-state index contributed by atoms with van der Waals surface area (Å²) in [6, 6.07) is 0. The molecular formula is C8H13BrO3. The second-order valence-electron chi connectivity index (χ2n) is 3.28. The number of rotatable bonds is 2. The molecule has 12 heavy (non-hydrogen) atoms. The number of fused-ring (bicyclic) bond motifs is 3. The van der Waals surface area contributed by atoms with Crippen LogP contribution in [-0.4, -0.2) is 30.6 Å². The third kappa shape index (κ3) is 1.31. The van der Waals surface area contributed by atoms with Crippen LogP contribution in [0.5, 0.6) is 0 Å². The first-order chi connectivity index (χ1) is 5.77. The normalized spacial score (nSPS) is 43.0. The summed E-state index contributed by atoms with van der Waals surface area (Å²) >= 11 is 3.51. The van der Waals surface area contributed by atoms with Crippen LogP contribution in [-0.2, 0) is 14.2 Å². The quantitative estimate of drug-likeness (QED) is 0.681. The Morgan fingerprint density at radius 3 is 2.25 bits per heavy atom. The van der Waals surface area contributed by atoms with E-state index >= 15 is 0 Å². The maximum atomic E-state index is 5.53. The Balaban J connectivity index is 2.08. The van der Waals surface area contributed by atoms with Crippen molar-refractivity contribution in [3.63, 3.8) is 0 Å². The highest BCUT2D eigenvalue weighted by Gasteiger charge is 2.49. The lowest BCUT2D eigenvalue weighted by Crippen LogP contribution is -2.58. The Morgan fingerprint density at radius 1 is 1.33 bits per heavy atom. The van der Waals surface area contributed by atoms with E-state index < -0.39 is 5.97 Å². The van der Waals surface area contributed by atoms with Crippen molar-refractivity contribution in [1.82, 2.24) is 0 Å². The zero-order valence-electron chi connectivity index (χ0n) is 7.09. The topological polar surface area (TPSA) is 27.7 Å². The van der Waals surface area contributed by atoms with Gasteiger partial charge in [0.15, 0.2) is 0 Å². The molecule has 0 aromatic rings. The van der Waals surface area contributed by atoms with Gasteiger partial charge < -0.3 is 14.2 Å². The van der Waals surface area contributed by atoms with Crippen LogP contribution in [0.4, 0.5) is 0 Å². The maximum absolute atomic E-state index is 5.53. The fraction of sp³-hybridized carbons (Fsp3) is 1.00. The lowest BCUT2D eigenvalue weighted by atomic mass is 10.1. The Morgan fingerprint density at radius 2 is 1.83 bits per heavy atom. The summed E-state index contributed by atoms with van der Waals surface area (Å²) in [4.78, 5) is 0.131. The van der Waals surface area contributed by atoms with Crippen molar-refractivity contribution in [2.24, 2.45) is 5.92 Å². The molecule has 0 radical (unpaired) electrons. The van der Waals surface area contributed by atoms with Crippen molar-refractivity contribution < 1.29 is 14.2 Å². The summed E-state index contributed by atoms with van der Waals surface area (Å²) in [5.41, 5.74) is 0. The average molecular weight is 237 g/mol. The van der Waals surface area contributed by atoms with Crippen LogP contribution in [0.25, 0.3) is 0 Å². The highest BCUT2D eigenvalue weighted by atomic mass is 79.9. The second-order valence-corrected chi connectivity index (χ2v) is 4.38. The molecule has 1 unspecified atom stereocenters. The standard InChI is InChI=1S/C8H13BrO3/c1-2-7(9)8-10-3-6(4-11-8)5-12-8/h6-7H,2-5H2,1H3. The van der Waals surface area contributed by atoms with E-state index in [1.165, 1.54) is 0 Å². The van der Waals surface area contributed by atoms with E-state index in [9.17, 15) is 0 Å². The van der Waals surface area contributed by atoms with Gasteiger partial charge in [0.05, 0.1) is 24.6 Å². The lowest BCUT2D eigenvalue weighted by molar-refractivity contribution is -0.446. The van der Waals surface area contributed by atoms with Crippen LogP contribution in [0.1, 0.15) is 13.3 Å². The number of hydrogen-bond donors (Lipinski definition) is 0. The first-order valence-corrected chi connectivity index (χ1v) is 5.24. The molecule has 0 aliphatic carbocycles. The van der Waals surface area contributed by atoms with Gasteiger partial charge >= 0.3 is 0 Å². The van der Waals surface area contributed by atoms with Gasteiger partial charge in [0.25, 0.3) is 5.97 Å². The van der Waals surface area contributed by atoms with Gasteiger partial charge in [-0.15, -0.1) is 0 Å². The molecule has 3 fully saturated rings. The lowest BCUT2D eigenvalue weighted by Gasteiger charge is -2.47. The molecule has 3 saturated heterocycles. The minimum atomic E-state index is -0.788. The van der Waals surface area contributed by atoms with E-state index in [1.807, 2.05) is 0 Å². The van der Waals surface area contributed by atoms with Crippen molar-refractivity contribution in [3.05, 3.63) is 0 Å². The Kier molecular flexibility index (Phi) is 2.42. The smallest absolute Gasteiger partial charge is 0.296 e. The van der Waals surface area contributed by atoms with Gasteiger partial charge in [-0.05, 0) is 6.42 Å². The molecule has 2 bridgehead atoms. The van der Waals surface area contributed by atoms with Crippen molar-refractivity contribution in [2.75, 3.05) is 19.8 Å². The SMILES string of the molecule is CCC(Br)C12OCC(CO1)CO2. The van der Waals surface area contributed by atoms with Gasteiger partial charge in [-0.25, -0.2) is 0 Å². The fourth-order valence-electron chi connectivity index (χ4n) is 1.49. The Bertz CT molecular complexity index is 152. The number of hydrogen-bond acceptors (Lipinski definition) is 3. The van der Waals surface area contributed by atoms with Crippen LogP contribution >= 0.6 is 15.9 Å². The van der Waals surface area contributed by atoms with Crippen molar-refractivity contribution in [1.29, 1.82) is 0 Å². The minimum Gasteiger partial charge on any atom is -0.326 e. The molecule has 1 atom stereocenters. The highest BCUT2D eigenvalue weighted by molar-refractivity contribution is 9.09. The maximum Gasteiger partial charge on any atom is 0.296 e. The third-order valence-corrected chi connectivity index (χ3v) is 3.51. The molecule has 0 aromatic heterocycles. The third-order valence-electron chi connectivity index (χ3n) is 2.30. The van der Waals surface area contributed by atoms with E-state index in [4.69, 9.17) is 14.2 Å². The molecule has 0 N–H and O–H groups in total. The zero-order chi connectivity index (χ0) is 8.60. The number of ether oxygens (including phenoxy) is 3. The summed E-state index contributed by atoms with van der Waals surface area (Å²) in [7, 11) is 0. The van der Waals surface area contributed by atoms with Crippen LogP contribution in [0.2, 0.25) is 0 Å². The van der Waals surface area contributed by atoms with E-state index in [0.717, 1.165) is 26.2 Å². The van der Waals surface area contributed by atoms with Gasteiger partial charge in [0.2, 0.25) is 0 Å². The molecule has 0 aromatic carbocycles. The van der Waals surface area contributed by atoms with Crippen LogP contribution < -0.4 is 0 Å². The highest BCUT2D eigenvalue weighted by Crippen LogP contribution is 2.37. The van der Waals surface area contributed by atoms with Crippen LogP contribution in [0.3, 0.4) is 0 Å². The van der Waals surface area contributed by atoms with Crippen molar-refractivity contribution >= 4 is 15.9 Å². The van der Waals surface area contributed by atoms with Crippen LogP contribution in [0.15, 0.2) is 0 Å². The van der Waals surface area contributed by atoms with Gasteiger partial charge in [-0.1, -0.05) is 22.9 Å². The molecule has 0 saturated carbocycles. The molecule has 3 rings (SSSR count). The van der Waals surface area contributed by atoms with Gasteiger partial charge in [0, 0.05) is 5.92 Å². The molecule has 3 aliphatic heterocycles. The summed E-state index contributed by atoms with van der Waals surface area (Å²) in [5, 5.41) is 0. The average Bonchev–Trinajstić information content (AvgIpc) is 2.19. The van der Waals surface area contributed by atoms with E-state index in [0.29, 0.717) is 5.92 Å². The van der Waals surface area contributed by atoms with Crippen LogP contribution in [0, 0.1) is 5.92 Å². The number of alkyl halides is 1. The van der Waals surface area contributed by atoms with Gasteiger partial charge in [0.1, 0.15) is 0 Å². The fourth-order valence-corrected chi connectivity index (χ4v) is 1.89. The molecule has 3 aliphatic rings. The first kappa shape index (κ1) is 8.94. The largest absolute Gasteiger partial charge is 0.326 e. The van der Waals surface area contributed by atoms with E-state index in [-0.39, 0.29) is 4.83 Å². The minimum absolute atomic E-state index is 0.131. The molecule has 3 nitrogen and oxygen atoms in total.